The Morgan fingerprint density at radius 1 is 1.67 bits per heavy atom. The summed E-state index contributed by atoms with van der Waals surface area (Å²) < 4.78 is 4.80. The molecular weight excluding hydrogens is 172 g/mol. The van der Waals surface area contributed by atoms with Gasteiger partial charge in [0, 0.05) is 6.42 Å². The van der Waals surface area contributed by atoms with Crippen LogP contribution in [0.4, 0.5) is 0 Å². The Balaban J connectivity index is 2.22. The van der Waals surface area contributed by atoms with E-state index in [1.165, 1.54) is 5.56 Å². The lowest BCUT2D eigenvalue weighted by Gasteiger charge is -1.99. The van der Waals surface area contributed by atoms with Crippen LogP contribution in [0.5, 0.6) is 0 Å². The van der Waals surface area contributed by atoms with Crippen LogP contribution in [0.25, 0.3) is 0 Å². The van der Waals surface area contributed by atoms with Crippen LogP contribution in [0.2, 0.25) is 0 Å². The van der Waals surface area contributed by atoms with Crippen molar-refractivity contribution in [1.82, 2.24) is 0 Å². The van der Waals surface area contributed by atoms with Crippen LogP contribution < -0.4 is 0 Å². The Hall–Kier alpha value is -0.830. The van der Waals surface area contributed by atoms with E-state index in [4.69, 9.17) is 4.74 Å². The fraction of sp³-hybridized carbons (Fsp3) is 0.444. The quantitative estimate of drug-likeness (QED) is 0.671. The lowest BCUT2D eigenvalue weighted by atomic mass is 10.2. The van der Waals surface area contributed by atoms with E-state index in [1.807, 2.05) is 18.4 Å². The Morgan fingerprint density at radius 3 is 3.08 bits per heavy atom. The van der Waals surface area contributed by atoms with Gasteiger partial charge in [0.15, 0.2) is 0 Å². The summed E-state index contributed by atoms with van der Waals surface area (Å²) in [5.41, 5.74) is 1.22. The molecule has 0 aliphatic carbocycles. The number of aryl methyl sites for hydroxylation is 1. The third-order valence-corrected chi connectivity index (χ3v) is 2.24. The number of hydrogen-bond acceptors (Lipinski definition) is 3. The third-order valence-electron chi connectivity index (χ3n) is 1.50. The number of rotatable bonds is 4. The first-order chi connectivity index (χ1) is 5.83. The topological polar surface area (TPSA) is 26.3 Å². The van der Waals surface area contributed by atoms with Crippen molar-refractivity contribution in [3.05, 3.63) is 22.4 Å². The maximum absolute atomic E-state index is 10.9. The Labute approximate surface area is 76.2 Å². The van der Waals surface area contributed by atoms with Crippen LogP contribution in [0, 0.1) is 0 Å². The first-order valence-electron chi connectivity index (χ1n) is 3.99. The van der Waals surface area contributed by atoms with Gasteiger partial charge in [-0.3, -0.25) is 4.79 Å². The fourth-order valence-corrected chi connectivity index (χ4v) is 1.62. The summed E-state index contributed by atoms with van der Waals surface area (Å²) in [6.45, 7) is 2.30. The van der Waals surface area contributed by atoms with E-state index in [2.05, 4.69) is 5.38 Å². The molecule has 0 saturated carbocycles. The van der Waals surface area contributed by atoms with Crippen LogP contribution in [0.3, 0.4) is 0 Å². The molecule has 12 heavy (non-hydrogen) atoms. The van der Waals surface area contributed by atoms with Gasteiger partial charge in [0.1, 0.15) is 0 Å². The number of thiophene rings is 1. The van der Waals surface area contributed by atoms with E-state index in [0.717, 1.165) is 6.42 Å². The lowest BCUT2D eigenvalue weighted by molar-refractivity contribution is -0.143. The Bertz CT molecular complexity index is 229. The van der Waals surface area contributed by atoms with Gasteiger partial charge in [-0.2, -0.15) is 11.3 Å². The van der Waals surface area contributed by atoms with E-state index >= 15 is 0 Å². The number of carbonyl (C=O) groups is 1. The summed E-state index contributed by atoms with van der Waals surface area (Å²) in [5, 5.41) is 4.07. The van der Waals surface area contributed by atoms with Gasteiger partial charge >= 0.3 is 5.97 Å². The van der Waals surface area contributed by atoms with Crippen LogP contribution in [0.1, 0.15) is 18.9 Å². The molecule has 0 atom stereocenters. The molecule has 66 valence electrons. The molecule has 0 saturated heterocycles. The highest BCUT2D eigenvalue weighted by Crippen LogP contribution is 2.08. The zero-order valence-corrected chi connectivity index (χ0v) is 7.89. The van der Waals surface area contributed by atoms with Gasteiger partial charge in [-0.25, -0.2) is 0 Å². The second-order valence-electron chi connectivity index (χ2n) is 2.44. The molecule has 2 nitrogen and oxygen atoms in total. The Kier molecular flexibility index (Phi) is 3.80. The summed E-state index contributed by atoms with van der Waals surface area (Å²) in [6, 6.07) is 2.03. The number of carbonyl (C=O) groups excluding carboxylic acids is 1. The largest absolute Gasteiger partial charge is 0.466 e. The standard InChI is InChI=1S/C9H12O2S/c1-2-11-9(10)4-3-8-5-6-12-7-8/h5-7H,2-4H2,1H3. The second kappa shape index (κ2) is 4.93. The van der Waals surface area contributed by atoms with Crippen molar-refractivity contribution >= 4 is 17.3 Å². The molecule has 0 aromatic carbocycles. The monoisotopic (exact) mass is 184 g/mol. The number of ether oxygens (including phenoxy) is 1. The minimum atomic E-state index is -0.108. The highest BCUT2D eigenvalue weighted by Gasteiger charge is 2.01. The van der Waals surface area contributed by atoms with Crippen molar-refractivity contribution in [3.63, 3.8) is 0 Å². The summed E-state index contributed by atoms with van der Waals surface area (Å²) in [6.07, 6.45) is 1.28. The van der Waals surface area contributed by atoms with E-state index < -0.39 is 0 Å². The van der Waals surface area contributed by atoms with Crippen molar-refractivity contribution in [3.8, 4) is 0 Å². The van der Waals surface area contributed by atoms with Crippen molar-refractivity contribution in [2.45, 2.75) is 19.8 Å². The van der Waals surface area contributed by atoms with Crippen molar-refractivity contribution in [2.75, 3.05) is 6.61 Å². The molecule has 1 heterocycles. The van der Waals surface area contributed by atoms with Crippen LogP contribution >= 0.6 is 11.3 Å². The summed E-state index contributed by atoms with van der Waals surface area (Å²) in [5.74, 6) is -0.108. The molecule has 0 fully saturated rings. The maximum atomic E-state index is 10.9. The average molecular weight is 184 g/mol. The first-order valence-corrected chi connectivity index (χ1v) is 4.94. The van der Waals surface area contributed by atoms with Crippen LogP contribution in [-0.2, 0) is 16.0 Å². The number of esters is 1. The predicted octanol–water partition coefficient (Wildman–Crippen LogP) is 2.24. The van der Waals surface area contributed by atoms with E-state index in [9.17, 15) is 4.79 Å². The molecule has 0 unspecified atom stereocenters. The highest BCUT2D eigenvalue weighted by molar-refractivity contribution is 7.07. The Morgan fingerprint density at radius 2 is 2.50 bits per heavy atom. The fourth-order valence-electron chi connectivity index (χ4n) is 0.914. The van der Waals surface area contributed by atoms with E-state index in [1.54, 1.807) is 11.3 Å². The smallest absolute Gasteiger partial charge is 0.306 e. The van der Waals surface area contributed by atoms with Gasteiger partial charge in [0.25, 0.3) is 0 Å². The summed E-state index contributed by atoms with van der Waals surface area (Å²) >= 11 is 1.65. The van der Waals surface area contributed by atoms with Gasteiger partial charge in [-0.1, -0.05) is 0 Å². The molecule has 0 aliphatic rings. The van der Waals surface area contributed by atoms with Gasteiger partial charge in [-0.15, -0.1) is 0 Å². The molecule has 3 heteroatoms. The van der Waals surface area contributed by atoms with Gasteiger partial charge in [0.05, 0.1) is 6.61 Å². The minimum Gasteiger partial charge on any atom is -0.466 e. The van der Waals surface area contributed by atoms with Gasteiger partial charge < -0.3 is 4.74 Å². The predicted molar refractivity (Wildman–Crippen MR) is 49.3 cm³/mol. The lowest BCUT2D eigenvalue weighted by Crippen LogP contribution is -2.04. The molecule has 0 radical (unpaired) electrons. The molecule has 0 aliphatic heterocycles. The molecule has 0 N–H and O–H groups in total. The molecule has 0 bridgehead atoms. The third kappa shape index (κ3) is 3.05. The molecule has 1 aromatic heterocycles. The highest BCUT2D eigenvalue weighted by atomic mass is 32.1. The van der Waals surface area contributed by atoms with Gasteiger partial charge in [0.2, 0.25) is 0 Å². The van der Waals surface area contributed by atoms with Crippen molar-refractivity contribution < 1.29 is 9.53 Å². The van der Waals surface area contributed by atoms with Crippen molar-refractivity contribution in [1.29, 1.82) is 0 Å². The van der Waals surface area contributed by atoms with E-state index in [0.29, 0.717) is 13.0 Å². The van der Waals surface area contributed by atoms with Crippen LogP contribution in [0.15, 0.2) is 16.8 Å². The normalized spacial score (nSPS) is 9.75. The second-order valence-corrected chi connectivity index (χ2v) is 3.22. The first kappa shape index (κ1) is 9.26. The molecule has 0 spiro atoms. The summed E-state index contributed by atoms with van der Waals surface area (Å²) in [4.78, 5) is 10.9. The zero-order chi connectivity index (χ0) is 8.81. The number of hydrogen-bond donors (Lipinski definition) is 0. The maximum Gasteiger partial charge on any atom is 0.306 e. The molecule has 1 aromatic rings. The average Bonchev–Trinajstić information content (AvgIpc) is 2.53. The molecule has 0 amide bonds. The molecule has 1 rings (SSSR count). The van der Waals surface area contributed by atoms with Gasteiger partial charge in [-0.05, 0) is 35.7 Å². The molecular formula is C9H12O2S. The zero-order valence-electron chi connectivity index (χ0n) is 7.08. The minimum absolute atomic E-state index is 0.108. The summed E-state index contributed by atoms with van der Waals surface area (Å²) in [7, 11) is 0. The van der Waals surface area contributed by atoms with E-state index in [-0.39, 0.29) is 5.97 Å². The SMILES string of the molecule is CCOC(=O)CCc1ccsc1. The van der Waals surface area contributed by atoms with Crippen molar-refractivity contribution in [2.24, 2.45) is 0 Å². The van der Waals surface area contributed by atoms with Crippen LogP contribution in [-0.4, -0.2) is 12.6 Å².